The van der Waals surface area contributed by atoms with Gasteiger partial charge in [0.25, 0.3) is 0 Å². The third-order valence-electron chi connectivity index (χ3n) is 4.03. The molecule has 1 aromatic heterocycles. The lowest BCUT2D eigenvalue weighted by Crippen LogP contribution is -1.94. The van der Waals surface area contributed by atoms with Gasteiger partial charge in [0.2, 0.25) is 0 Å². The molecule has 0 aliphatic rings. The predicted octanol–water partition coefficient (Wildman–Crippen LogP) is 5.69. The third kappa shape index (κ3) is 4.26. The first kappa shape index (κ1) is 15.4. The van der Waals surface area contributed by atoms with E-state index in [1.807, 2.05) is 6.07 Å². The minimum Gasteiger partial charge on any atom is -0.360 e. The van der Waals surface area contributed by atoms with E-state index in [1.165, 1.54) is 35.5 Å². The van der Waals surface area contributed by atoms with E-state index < -0.39 is 0 Å². The van der Waals surface area contributed by atoms with Crippen molar-refractivity contribution >= 4 is 11.4 Å². The number of aryl methyl sites for hydroxylation is 1. The molecule has 0 aliphatic heterocycles. The number of unbranched alkanes of at least 4 members (excludes halogenated alkanes) is 1. The van der Waals surface area contributed by atoms with Crippen LogP contribution in [0, 0.1) is 0 Å². The lowest BCUT2D eigenvalue weighted by Gasteiger charge is -2.07. The molecule has 1 heterocycles. The molecule has 0 aliphatic carbocycles. The van der Waals surface area contributed by atoms with Gasteiger partial charge in [-0.1, -0.05) is 61.9 Å². The van der Waals surface area contributed by atoms with Crippen molar-refractivity contribution in [3.8, 4) is 0 Å². The van der Waals surface area contributed by atoms with Gasteiger partial charge in [-0.15, -0.1) is 0 Å². The Kier molecular flexibility index (Phi) is 5.15. The summed E-state index contributed by atoms with van der Waals surface area (Å²) in [4.78, 5) is 3.62. The number of benzene rings is 2. The fourth-order valence-corrected chi connectivity index (χ4v) is 2.81. The number of anilines is 2. The standard InChI is InChI=1S/C21H24N2/c1-2-3-14-20-21(22-18-12-8-5-9-13-18)16-19(23-20)15-17-10-6-4-7-11-17/h4-13,16,22-23H,2-3,14-15H2,1H3. The van der Waals surface area contributed by atoms with Gasteiger partial charge in [-0.05, 0) is 36.6 Å². The average molecular weight is 304 g/mol. The van der Waals surface area contributed by atoms with E-state index in [2.05, 4.69) is 77.9 Å². The van der Waals surface area contributed by atoms with Crippen LogP contribution < -0.4 is 5.32 Å². The molecule has 0 saturated heterocycles. The monoisotopic (exact) mass is 304 g/mol. The molecule has 118 valence electrons. The van der Waals surface area contributed by atoms with Gasteiger partial charge in [0.05, 0.1) is 5.69 Å². The van der Waals surface area contributed by atoms with Crippen LogP contribution in [0.5, 0.6) is 0 Å². The molecule has 0 amide bonds. The second-order valence-corrected chi connectivity index (χ2v) is 5.94. The van der Waals surface area contributed by atoms with Crippen LogP contribution in [-0.4, -0.2) is 4.98 Å². The summed E-state index contributed by atoms with van der Waals surface area (Å²) in [7, 11) is 0. The van der Waals surface area contributed by atoms with Crippen molar-refractivity contribution in [1.29, 1.82) is 0 Å². The predicted molar refractivity (Wildman–Crippen MR) is 98.4 cm³/mol. The average Bonchev–Trinajstić information content (AvgIpc) is 2.96. The lowest BCUT2D eigenvalue weighted by molar-refractivity contribution is 0.779. The molecule has 0 atom stereocenters. The van der Waals surface area contributed by atoms with Gasteiger partial charge in [0.15, 0.2) is 0 Å². The second kappa shape index (κ2) is 7.68. The van der Waals surface area contributed by atoms with Crippen molar-refractivity contribution in [1.82, 2.24) is 4.98 Å². The topological polar surface area (TPSA) is 27.8 Å². The molecule has 23 heavy (non-hydrogen) atoms. The minimum atomic E-state index is 0.941. The fraction of sp³-hybridized carbons (Fsp3) is 0.238. The minimum absolute atomic E-state index is 0.941. The number of H-pyrrole nitrogens is 1. The van der Waals surface area contributed by atoms with Gasteiger partial charge >= 0.3 is 0 Å². The first-order valence-electron chi connectivity index (χ1n) is 8.42. The highest BCUT2D eigenvalue weighted by atomic mass is 14.9. The molecule has 3 aromatic rings. The van der Waals surface area contributed by atoms with Crippen molar-refractivity contribution in [2.24, 2.45) is 0 Å². The van der Waals surface area contributed by atoms with Crippen molar-refractivity contribution in [3.63, 3.8) is 0 Å². The highest BCUT2D eigenvalue weighted by Crippen LogP contribution is 2.25. The highest BCUT2D eigenvalue weighted by molar-refractivity contribution is 5.63. The summed E-state index contributed by atoms with van der Waals surface area (Å²) in [5.41, 5.74) is 6.25. The van der Waals surface area contributed by atoms with Crippen LogP contribution in [0.4, 0.5) is 11.4 Å². The molecule has 2 nitrogen and oxygen atoms in total. The van der Waals surface area contributed by atoms with Crippen molar-refractivity contribution < 1.29 is 0 Å². The zero-order valence-electron chi connectivity index (χ0n) is 13.7. The molecule has 0 fully saturated rings. The van der Waals surface area contributed by atoms with Crippen LogP contribution in [0.25, 0.3) is 0 Å². The summed E-state index contributed by atoms with van der Waals surface area (Å²) in [6.07, 6.45) is 4.43. The van der Waals surface area contributed by atoms with E-state index in [9.17, 15) is 0 Å². The highest BCUT2D eigenvalue weighted by Gasteiger charge is 2.09. The Bertz CT molecular complexity index is 714. The SMILES string of the molecule is CCCCc1[nH]c(Cc2ccccc2)cc1Nc1ccccc1. The Hall–Kier alpha value is -2.48. The Morgan fingerprint density at radius 1 is 0.913 bits per heavy atom. The largest absolute Gasteiger partial charge is 0.360 e. The van der Waals surface area contributed by atoms with E-state index >= 15 is 0 Å². The maximum atomic E-state index is 3.62. The zero-order chi connectivity index (χ0) is 15.9. The summed E-state index contributed by atoms with van der Waals surface area (Å²) < 4.78 is 0. The van der Waals surface area contributed by atoms with Crippen LogP contribution in [0.3, 0.4) is 0 Å². The third-order valence-corrected chi connectivity index (χ3v) is 4.03. The Morgan fingerprint density at radius 2 is 1.61 bits per heavy atom. The maximum absolute atomic E-state index is 3.62. The van der Waals surface area contributed by atoms with Crippen LogP contribution in [0.15, 0.2) is 66.7 Å². The number of hydrogen-bond donors (Lipinski definition) is 2. The van der Waals surface area contributed by atoms with Gasteiger partial charge in [-0.3, -0.25) is 0 Å². The van der Waals surface area contributed by atoms with E-state index in [4.69, 9.17) is 0 Å². The van der Waals surface area contributed by atoms with Crippen LogP contribution >= 0.6 is 0 Å². The molecule has 2 aromatic carbocycles. The molecule has 0 spiro atoms. The molecule has 2 heteroatoms. The van der Waals surface area contributed by atoms with Crippen LogP contribution in [0.2, 0.25) is 0 Å². The quantitative estimate of drug-likeness (QED) is 0.576. The van der Waals surface area contributed by atoms with E-state index in [0.29, 0.717) is 0 Å². The molecule has 2 N–H and O–H groups in total. The van der Waals surface area contributed by atoms with Gasteiger partial charge in [-0.25, -0.2) is 0 Å². The summed E-state index contributed by atoms with van der Waals surface area (Å²) >= 11 is 0. The molecule has 0 radical (unpaired) electrons. The van der Waals surface area contributed by atoms with Gasteiger partial charge in [0.1, 0.15) is 0 Å². The maximum Gasteiger partial charge on any atom is 0.0598 e. The fourth-order valence-electron chi connectivity index (χ4n) is 2.81. The van der Waals surface area contributed by atoms with Gasteiger partial charge in [-0.2, -0.15) is 0 Å². The summed E-state index contributed by atoms with van der Waals surface area (Å²) in [5.74, 6) is 0. The Morgan fingerprint density at radius 3 is 2.30 bits per heavy atom. The molecule has 3 rings (SSSR count). The van der Waals surface area contributed by atoms with Crippen molar-refractivity contribution in [2.45, 2.75) is 32.6 Å². The number of para-hydroxylation sites is 1. The number of aromatic nitrogens is 1. The summed E-state index contributed by atoms with van der Waals surface area (Å²) in [5, 5.41) is 3.56. The van der Waals surface area contributed by atoms with E-state index in [0.717, 1.165) is 18.5 Å². The number of aromatic amines is 1. The van der Waals surface area contributed by atoms with E-state index in [1.54, 1.807) is 0 Å². The number of rotatable bonds is 7. The Balaban J connectivity index is 1.81. The number of nitrogens with one attached hydrogen (secondary N) is 2. The normalized spacial score (nSPS) is 10.7. The molecular weight excluding hydrogens is 280 g/mol. The summed E-state index contributed by atoms with van der Waals surface area (Å²) in [6, 6.07) is 23.2. The Labute approximate surface area is 138 Å². The first-order valence-corrected chi connectivity index (χ1v) is 8.42. The van der Waals surface area contributed by atoms with Gasteiger partial charge < -0.3 is 10.3 Å². The number of hydrogen-bond acceptors (Lipinski definition) is 1. The van der Waals surface area contributed by atoms with Gasteiger partial charge in [0, 0.05) is 23.5 Å². The van der Waals surface area contributed by atoms with Crippen LogP contribution in [0.1, 0.15) is 36.7 Å². The first-order chi connectivity index (χ1) is 11.3. The molecule has 0 saturated carbocycles. The second-order valence-electron chi connectivity index (χ2n) is 5.94. The van der Waals surface area contributed by atoms with E-state index in [-0.39, 0.29) is 0 Å². The summed E-state index contributed by atoms with van der Waals surface area (Å²) in [6.45, 7) is 2.23. The zero-order valence-corrected chi connectivity index (χ0v) is 13.7. The molecular formula is C21H24N2. The van der Waals surface area contributed by atoms with Crippen LogP contribution in [-0.2, 0) is 12.8 Å². The molecule has 0 bridgehead atoms. The van der Waals surface area contributed by atoms with Crippen molar-refractivity contribution in [3.05, 3.63) is 83.7 Å². The smallest absolute Gasteiger partial charge is 0.0598 e. The molecule has 0 unspecified atom stereocenters. The van der Waals surface area contributed by atoms with Crippen molar-refractivity contribution in [2.75, 3.05) is 5.32 Å². The lowest BCUT2D eigenvalue weighted by atomic mass is 10.1.